The van der Waals surface area contributed by atoms with Gasteiger partial charge in [-0.15, -0.1) is 0 Å². The summed E-state index contributed by atoms with van der Waals surface area (Å²) >= 11 is 0. The minimum absolute atomic E-state index is 0.00283. The van der Waals surface area contributed by atoms with E-state index in [2.05, 4.69) is 6.58 Å². The molecule has 40 heavy (non-hydrogen) atoms. The maximum atomic E-state index is 13.5. The first-order valence-electron chi connectivity index (χ1n) is 13.2. The minimum Gasteiger partial charge on any atom is -0.507 e. The molecule has 2 heterocycles. The molecule has 0 unspecified atom stereocenters. The van der Waals surface area contributed by atoms with Crippen LogP contribution in [-0.4, -0.2) is 54.7 Å². The number of ether oxygens (including phenoxy) is 4. The molecular formula is C32H31NO7. The molecule has 0 bridgehead atoms. The molecule has 8 nitrogen and oxygen atoms in total. The molecular weight excluding hydrogens is 510 g/mol. The minimum atomic E-state index is -0.843. The first kappa shape index (κ1) is 26.9. The summed E-state index contributed by atoms with van der Waals surface area (Å²) in [6.45, 7) is 7.31. The molecule has 2 aliphatic heterocycles. The maximum absolute atomic E-state index is 13.5. The van der Waals surface area contributed by atoms with Gasteiger partial charge in [0.25, 0.3) is 11.7 Å². The molecule has 8 heteroatoms. The predicted octanol–water partition coefficient (Wildman–Crippen LogP) is 5.09. The number of amides is 1. The van der Waals surface area contributed by atoms with Crippen LogP contribution in [0.15, 0.2) is 85.0 Å². The number of carbonyl (C=O) groups excluding carboxylic acids is 2. The van der Waals surface area contributed by atoms with Crippen LogP contribution in [0.4, 0.5) is 0 Å². The zero-order chi connectivity index (χ0) is 28.1. The predicted molar refractivity (Wildman–Crippen MR) is 150 cm³/mol. The Morgan fingerprint density at radius 3 is 2.52 bits per heavy atom. The van der Waals surface area contributed by atoms with Gasteiger partial charge in [0.05, 0.1) is 18.2 Å². The molecule has 0 saturated carbocycles. The topological polar surface area (TPSA) is 94.5 Å². The maximum Gasteiger partial charge on any atom is 0.295 e. The van der Waals surface area contributed by atoms with Gasteiger partial charge >= 0.3 is 0 Å². The lowest BCUT2D eigenvalue weighted by Crippen LogP contribution is -2.31. The average molecular weight is 542 g/mol. The first-order valence-corrected chi connectivity index (χ1v) is 13.2. The molecule has 1 amide bonds. The molecule has 0 radical (unpaired) electrons. The van der Waals surface area contributed by atoms with Crippen LogP contribution < -0.4 is 18.9 Å². The summed E-state index contributed by atoms with van der Waals surface area (Å²) in [5, 5.41) is 11.5. The molecule has 3 aromatic rings. The molecule has 1 atom stereocenters. The van der Waals surface area contributed by atoms with Crippen molar-refractivity contribution in [2.24, 2.45) is 0 Å². The van der Waals surface area contributed by atoms with Gasteiger partial charge in [0.1, 0.15) is 25.6 Å². The molecule has 1 saturated heterocycles. The summed E-state index contributed by atoms with van der Waals surface area (Å²) < 4.78 is 22.9. The Morgan fingerprint density at radius 1 is 1.00 bits per heavy atom. The van der Waals surface area contributed by atoms with Gasteiger partial charge in [-0.3, -0.25) is 9.59 Å². The smallest absolute Gasteiger partial charge is 0.295 e. The highest BCUT2D eigenvalue weighted by Gasteiger charge is 2.46. The van der Waals surface area contributed by atoms with Crippen LogP contribution in [0, 0.1) is 0 Å². The van der Waals surface area contributed by atoms with Crippen LogP contribution in [0.3, 0.4) is 0 Å². The zero-order valence-electron chi connectivity index (χ0n) is 22.3. The number of aliphatic hydroxyl groups excluding tert-OH is 1. The van der Waals surface area contributed by atoms with E-state index in [1.165, 1.54) is 4.90 Å². The Morgan fingerprint density at radius 2 is 1.77 bits per heavy atom. The third-order valence-corrected chi connectivity index (χ3v) is 6.78. The number of rotatable bonds is 10. The number of Topliss-reactive ketones (excluding diaryl/α,β-unsaturated/α-hetero) is 1. The number of fused-ring (bicyclic) bond motifs is 1. The molecule has 1 fully saturated rings. The van der Waals surface area contributed by atoms with Gasteiger partial charge < -0.3 is 29.0 Å². The van der Waals surface area contributed by atoms with E-state index in [1.807, 2.05) is 37.3 Å². The Balaban J connectivity index is 1.60. The van der Waals surface area contributed by atoms with Crippen molar-refractivity contribution in [3.63, 3.8) is 0 Å². The van der Waals surface area contributed by atoms with Gasteiger partial charge in [0, 0.05) is 12.1 Å². The van der Waals surface area contributed by atoms with Crippen molar-refractivity contribution in [2.45, 2.75) is 19.4 Å². The third kappa shape index (κ3) is 5.38. The quantitative estimate of drug-likeness (QED) is 0.165. The van der Waals surface area contributed by atoms with Crippen LogP contribution in [0.1, 0.15) is 29.7 Å². The second kappa shape index (κ2) is 12.0. The van der Waals surface area contributed by atoms with Crippen molar-refractivity contribution in [3.8, 4) is 23.0 Å². The molecule has 2 aliphatic rings. The molecule has 1 N–H and O–H groups in total. The second-order valence-electron chi connectivity index (χ2n) is 9.33. The summed E-state index contributed by atoms with van der Waals surface area (Å²) in [4.78, 5) is 28.4. The van der Waals surface area contributed by atoms with E-state index in [1.54, 1.807) is 42.5 Å². The molecule has 3 aromatic carbocycles. The number of hydrogen-bond acceptors (Lipinski definition) is 7. The molecule has 5 rings (SSSR count). The monoisotopic (exact) mass is 541 g/mol. The highest BCUT2D eigenvalue weighted by Crippen LogP contribution is 2.43. The van der Waals surface area contributed by atoms with Gasteiger partial charge in [0.15, 0.2) is 23.0 Å². The molecule has 0 aromatic heterocycles. The third-order valence-electron chi connectivity index (χ3n) is 6.78. The lowest BCUT2D eigenvalue weighted by molar-refractivity contribution is -0.139. The van der Waals surface area contributed by atoms with Crippen molar-refractivity contribution in [3.05, 3.63) is 102 Å². The van der Waals surface area contributed by atoms with E-state index >= 15 is 0 Å². The van der Waals surface area contributed by atoms with Crippen LogP contribution in [0.25, 0.3) is 5.76 Å². The standard InChI is InChI=1S/C32H31NO7/c1-3-16-38-24-12-10-22(19-26(24)37-4-2)29-28(30(34)23-11-13-25-27(20-23)40-18-17-39-25)31(35)32(36)33(29)15-14-21-8-6-5-7-9-21/h3,5-13,19-20,29,34H,1,4,14-18H2,2H3/b30-28+/t29-/m1/s1. The van der Waals surface area contributed by atoms with E-state index in [0.717, 1.165) is 5.56 Å². The van der Waals surface area contributed by atoms with Crippen LogP contribution in [0.5, 0.6) is 23.0 Å². The number of ketones is 1. The normalized spacial score (nSPS) is 17.5. The van der Waals surface area contributed by atoms with Gasteiger partial charge in [0.2, 0.25) is 0 Å². The highest BCUT2D eigenvalue weighted by molar-refractivity contribution is 6.46. The van der Waals surface area contributed by atoms with E-state index in [4.69, 9.17) is 18.9 Å². The molecule has 0 aliphatic carbocycles. The summed E-state index contributed by atoms with van der Waals surface area (Å²) in [5.74, 6) is 0.285. The number of carbonyl (C=O) groups is 2. The summed E-state index contributed by atoms with van der Waals surface area (Å²) in [7, 11) is 0. The Hall–Kier alpha value is -4.72. The van der Waals surface area contributed by atoms with E-state index in [-0.39, 0.29) is 17.9 Å². The van der Waals surface area contributed by atoms with Crippen molar-refractivity contribution in [2.75, 3.05) is 33.0 Å². The van der Waals surface area contributed by atoms with Crippen LogP contribution in [0.2, 0.25) is 0 Å². The van der Waals surface area contributed by atoms with Crippen molar-refractivity contribution >= 4 is 17.4 Å². The van der Waals surface area contributed by atoms with Gasteiger partial charge in [-0.2, -0.15) is 0 Å². The summed E-state index contributed by atoms with van der Waals surface area (Å²) in [5.41, 5.74) is 1.99. The fraction of sp³-hybridized carbons (Fsp3) is 0.250. The van der Waals surface area contributed by atoms with Gasteiger partial charge in [-0.1, -0.05) is 49.1 Å². The second-order valence-corrected chi connectivity index (χ2v) is 9.33. The lowest BCUT2D eigenvalue weighted by atomic mass is 9.94. The highest BCUT2D eigenvalue weighted by atomic mass is 16.6. The Bertz CT molecular complexity index is 1450. The SMILES string of the molecule is C=CCOc1ccc([C@@H]2/C(=C(\O)c3ccc4c(c3)OCCO4)C(=O)C(=O)N2CCc2ccccc2)cc1OCC. The molecule has 0 spiro atoms. The largest absolute Gasteiger partial charge is 0.507 e. The van der Waals surface area contributed by atoms with E-state index in [0.29, 0.717) is 67.0 Å². The summed E-state index contributed by atoms with van der Waals surface area (Å²) in [6.07, 6.45) is 2.17. The van der Waals surface area contributed by atoms with Gasteiger partial charge in [-0.25, -0.2) is 0 Å². The van der Waals surface area contributed by atoms with E-state index < -0.39 is 17.7 Å². The number of hydrogen-bond donors (Lipinski definition) is 1. The van der Waals surface area contributed by atoms with E-state index in [9.17, 15) is 14.7 Å². The summed E-state index contributed by atoms with van der Waals surface area (Å²) in [6, 6.07) is 19.1. The van der Waals surface area contributed by atoms with Gasteiger partial charge in [-0.05, 0) is 54.8 Å². The first-order chi connectivity index (χ1) is 19.5. The number of nitrogens with zero attached hydrogens (tertiary/aromatic N) is 1. The van der Waals surface area contributed by atoms with Crippen LogP contribution >= 0.6 is 0 Å². The Kier molecular flexibility index (Phi) is 8.05. The van der Waals surface area contributed by atoms with Crippen LogP contribution in [-0.2, 0) is 16.0 Å². The number of aliphatic hydroxyl groups is 1. The van der Waals surface area contributed by atoms with Crippen molar-refractivity contribution < 1.29 is 33.6 Å². The number of likely N-dealkylation sites (tertiary alicyclic amines) is 1. The molecule has 206 valence electrons. The zero-order valence-corrected chi connectivity index (χ0v) is 22.3. The fourth-order valence-corrected chi connectivity index (χ4v) is 4.93. The van der Waals surface area contributed by atoms with Crippen molar-refractivity contribution in [1.29, 1.82) is 0 Å². The fourth-order valence-electron chi connectivity index (χ4n) is 4.93. The van der Waals surface area contributed by atoms with Crippen molar-refractivity contribution in [1.82, 2.24) is 4.90 Å². The lowest BCUT2D eigenvalue weighted by Gasteiger charge is -2.26. The average Bonchev–Trinajstić information content (AvgIpc) is 3.24. The Labute approximate surface area is 233 Å². The number of benzene rings is 3.